The zero-order chi connectivity index (χ0) is 11.9. The smallest absolute Gasteiger partial charge is 0.268 e. The zero-order valence-corrected chi connectivity index (χ0v) is 11.1. The van der Waals surface area contributed by atoms with Crippen LogP contribution in [0.3, 0.4) is 0 Å². The summed E-state index contributed by atoms with van der Waals surface area (Å²) in [5.41, 5.74) is 2.51. The molecule has 0 unspecified atom stereocenters. The monoisotopic (exact) mass is 274 g/mol. The van der Waals surface area contributed by atoms with Crippen LogP contribution in [0.4, 0.5) is 0 Å². The van der Waals surface area contributed by atoms with Crippen LogP contribution >= 0.6 is 21.6 Å². The highest BCUT2D eigenvalue weighted by Gasteiger charge is 2.29. The van der Waals surface area contributed by atoms with Crippen molar-refractivity contribution in [1.82, 2.24) is 0 Å². The largest absolute Gasteiger partial charge is 0.447 e. The van der Waals surface area contributed by atoms with Crippen molar-refractivity contribution in [2.24, 2.45) is 0 Å². The van der Waals surface area contributed by atoms with Gasteiger partial charge in [0.05, 0.1) is 0 Å². The van der Waals surface area contributed by atoms with E-state index in [9.17, 15) is 0 Å². The predicted octanol–water partition coefficient (Wildman–Crippen LogP) is 4.41. The van der Waals surface area contributed by atoms with Crippen LogP contribution < -0.4 is 9.47 Å². The first-order valence-electron chi connectivity index (χ1n) is 5.75. The molecule has 0 N–H and O–H groups in total. The van der Waals surface area contributed by atoms with Crippen molar-refractivity contribution in [2.45, 2.75) is 16.9 Å². The Morgan fingerprint density at radius 3 is 2.50 bits per heavy atom. The van der Waals surface area contributed by atoms with E-state index in [1.54, 1.807) is 0 Å². The molecule has 0 bridgehead atoms. The lowest BCUT2D eigenvalue weighted by Crippen LogP contribution is -2.10. The molecule has 0 radical (unpaired) electrons. The molecule has 0 fully saturated rings. The Morgan fingerprint density at radius 2 is 1.72 bits per heavy atom. The van der Waals surface area contributed by atoms with E-state index >= 15 is 0 Å². The summed E-state index contributed by atoms with van der Waals surface area (Å²) < 4.78 is 11.8. The molecule has 2 nitrogen and oxygen atoms in total. The maximum Gasteiger partial charge on any atom is 0.268 e. The average molecular weight is 274 g/mol. The molecule has 4 rings (SSSR count). The van der Waals surface area contributed by atoms with Crippen LogP contribution in [0, 0.1) is 0 Å². The minimum Gasteiger partial charge on any atom is -0.447 e. The number of hydrogen-bond donors (Lipinski definition) is 0. The van der Waals surface area contributed by atoms with Gasteiger partial charge in [-0.25, -0.2) is 0 Å². The molecule has 0 saturated carbocycles. The summed E-state index contributed by atoms with van der Waals surface area (Å²) in [6.07, 6.45) is -0.295. The van der Waals surface area contributed by atoms with Gasteiger partial charge in [-0.15, -0.1) is 0 Å². The van der Waals surface area contributed by atoms with Gasteiger partial charge in [0.2, 0.25) is 0 Å². The van der Waals surface area contributed by atoms with Gasteiger partial charge in [0.25, 0.3) is 6.29 Å². The first kappa shape index (κ1) is 10.6. The fraction of sp³-hybridized carbons (Fsp3) is 0.143. The SMILES string of the molecule is c1ccc2c(c1)OC(c1cccc3c1CSS3)O2. The first-order chi connectivity index (χ1) is 8.92. The minimum atomic E-state index is -0.295. The molecule has 0 amide bonds. The minimum absolute atomic E-state index is 0.295. The van der Waals surface area contributed by atoms with Gasteiger partial charge in [-0.1, -0.05) is 45.9 Å². The second kappa shape index (κ2) is 4.14. The maximum atomic E-state index is 5.88. The van der Waals surface area contributed by atoms with Crippen molar-refractivity contribution < 1.29 is 9.47 Å². The summed E-state index contributed by atoms with van der Waals surface area (Å²) in [6, 6.07) is 14.2. The number of ether oxygens (including phenoxy) is 2. The number of fused-ring (bicyclic) bond motifs is 2. The summed E-state index contributed by atoms with van der Waals surface area (Å²) in [7, 11) is 3.70. The van der Waals surface area contributed by atoms with E-state index in [0.717, 1.165) is 22.8 Å². The Balaban J connectivity index is 1.73. The van der Waals surface area contributed by atoms with Crippen LogP contribution in [0.25, 0.3) is 0 Å². The lowest BCUT2D eigenvalue weighted by atomic mass is 10.1. The van der Waals surface area contributed by atoms with Gasteiger partial charge in [-0.3, -0.25) is 0 Å². The summed E-state index contributed by atoms with van der Waals surface area (Å²) in [5.74, 6) is 2.69. The van der Waals surface area contributed by atoms with Crippen molar-refractivity contribution in [3.05, 3.63) is 53.6 Å². The van der Waals surface area contributed by atoms with Crippen LogP contribution in [0.2, 0.25) is 0 Å². The Labute approximate surface area is 113 Å². The van der Waals surface area contributed by atoms with E-state index in [0.29, 0.717) is 0 Å². The molecule has 2 aromatic rings. The molecule has 90 valence electrons. The van der Waals surface area contributed by atoms with Gasteiger partial charge in [0.15, 0.2) is 11.5 Å². The Hall–Kier alpha value is -1.26. The third kappa shape index (κ3) is 1.60. The molecular weight excluding hydrogens is 264 g/mol. The van der Waals surface area contributed by atoms with E-state index in [1.807, 2.05) is 45.9 Å². The molecule has 4 heteroatoms. The number of hydrogen-bond acceptors (Lipinski definition) is 4. The van der Waals surface area contributed by atoms with Gasteiger partial charge in [-0.05, 0) is 23.8 Å². The van der Waals surface area contributed by atoms with E-state index < -0.39 is 0 Å². The molecule has 0 saturated heterocycles. The highest BCUT2D eigenvalue weighted by atomic mass is 33.1. The molecule has 2 heterocycles. The fourth-order valence-electron chi connectivity index (χ4n) is 2.21. The molecule has 0 aliphatic carbocycles. The molecule has 2 aromatic carbocycles. The molecule has 2 aliphatic heterocycles. The molecular formula is C14H10O2S2. The van der Waals surface area contributed by atoms with E-state index in [4.69, 9.17) is 9.47 Å². The van der Waals surface area contributed by atoms with E-state index in [1.165, 1.54) is 10.5 Å². The van der Waals surface area contributed by atoms with E-state index in [2.05, 4.69) is 18.2 Å². The Morgan fingerprint density at radius 1 is 0.944 bits per heavy atom. The van der Waals surface area contributed by atoms with Crippen molar-refractivity contribution >= 4 is 21.6 Å². The first-order valence-corrected chi connectivity index (χ1v) is 8.07. The van der Waals surface area contributed by atoms with Crippen LogP contribution in [-0.4, -0.2) is 0 Å². The van der Waals surface area contributed by atoms with Crippen molar-refractivity contribution in [1.29, 1.82) is 0 Å². The summed E-state index contributed by atoms with van der Waals surface area (Å²) in [5, 5.41) is 0. The van der Waals surface area contributed by atoms with Gasteiger partial charge >= 0.3 is 0 Å². The normalized spacial score (nSPS) is 16.9. The summed E-state index contributed by atoms with van der Waals surface area (Å²) in [4.78, 5) is 1.33. The van der Waals surface area contributed by atoms with E-state index in [-0.39, 0.29) is 6.29 Å². The lowest BCUT2D eigenvalue weighted by molar-refractivity contribution is 0.0479. The topological polar surface area (TPSA) is 18.5 Å². The lowest BCUT2D eigenvalue weighted by Gasteiger charge is -2.13. The third-order valence-corrected chi connectivity index (χ3v) is 5.42. The molecule has 2 aliphatic rings. The Bertz CT molecular complexity index is 587. The standard InChI is InChI=1S/C14H10O2S2/c1-2-6-12-11(5-1)15-14(16-12)9-4-3-7-13-10(9)8-17-18-13/h1-7,14H,8H2. The van der Waals surface area contributed by atoms with Crippen molar-refractivity contribution in [3.63, 3.8) is 0 Å². The van der Waals surface area contributed by atoms with Crippen molar-refractivity contribution in [3.8, 4) is 11.5 Å². The third-order valence-electron chi connectivity index (χ3n) is 3.09. The maximum absolute atomic E-state index is 5.88. The van der Waals surface area contributed by atoms with Crippen LogP contribution in [-0.2, 0) is 5.75 Å². The predicted molar refractivity (Wildman–Crippen MR) is 74.0 cm³/mol. The zero-order valence-electron chi connectivity index (χ0n) is 9.46. The quantitative estimate of drug-likeness (QED) is 0.717. The summed E-state index contributed by atoms with van der Waals surface area (Å²) >= 11 is 0. The van der Waals surface area contributed by atoms with Gasteiger partial charge in [-0.2, -0.15) is 0 Å². The Kier molecular flexibility index (Phi) is 2.45. The van der Waals surface area contributed by atoms with Gasteiger partial charge < -0.3 is 9.47 Å². The number of benzene rings is 2. The molecule has 0 spiro atoms. The molecule has 18 heavy (non-hydrogen) atoms. The van der Waals surface area contributed by atoms with Crippen LogP contribution in [0.5, 0.6) is 11.5 Å². The summed E-state index contributed by atoms with van der Waals surface area (Å²) in [6.45, 7) is 0. The highest BCUT2D eigenvalue weighted by molar-refractivity contribution is 8.76. The average Bonchev–Trinajstić information content (AvgIpc) is 3.04. The second-order valence-corrected chi connectivity index (χ2v) is 6.52. The van der Waals surface area contributed by atoms with Crippen molar-refractivity contribution in [2.75, 3.05) is 0 Å². The number of rotatable bonds is 1. The highest BCUT2D eigenvalue weighted by Crippen LogP contribution is 2.48. The fourth-order valence-corrected chi connectivity index (χ4v) is 4.74. The van der Waals surface area contributed by atoms with Crippen LogP contribution in [0.1, 0.15) is 17.4 Å². The number of para-hydroxylation sites is 2. The second-order valence-electron chi connectivity index (χ2n) is 4.18. The van der Waals surface area contributed by atoms with Crippen LogP contribution in [0.15, 0.2) is 47.4 Å². The molecule has 0 atom stereocenters. The van der Waals surface area contributed by atoms with Gasteiger partial charge in [0.1, 0.15) is 0 Å². The van der Waals surface area contributed by atoms with Gasteiger partial charge in [0, 0.05) is 16.2 Å². The molecule has 0 aromatic heterocycles.